The van der Waals surface area contributed by atoms with Gasteiger partial charge in [-0.2, -0.15) is 5.10 Å². The number of hydrogen-bond donors (Lipinski definition) is 1. The van der Waals surface area contributed by atoms with E-state index in [0.29, 0.717) is 0 Å². The van der Waals surface area contributed by atoms with E-state index in [2.05, 4.69) is 66.7 Å². The highest BCUT2D eigenvalue weighted by molar-refractivity contribution is 7.99. The molecule has 1 amide bonds. The summed E-state index contributed by atoms with van der Waals surface area (Å²) < 4.78 is 2.01. The molecule has 0 spiro atoms. The molecule has 1 aliphatic rings. The van der Waals surface area contributed by atoms with Crippen LogP contribution in [0.2, 0.25) is 0 Å². The summed E-state index contributed by atoms with van der Waals surface area (Å²) in [4.78, 5) is 13.9. The van der Waals surface area contributed by atoms with E-state index in [9.17, 15) is 4.79 Å². The lowest BCUT2D eigenvalue weighted by molar-refractivity contribution is -0.117. The molecule has 0 radical (unpaired) electrons. The molecule has 1 aliphatic heterocycles. The minimum atomic E-state index is -0.0632. The minimum Gasteiger partial charge on any atom is -0.346 e. The first-order valence-corrected chi connectivity index (χ1v) is 11.3. The van der Waals surface area contributed by atoms with E-state index in [1.807, 2.05) is 35.5 Å². The molecule has 1 aromatic heterocycles. The maximum atomic E-state index is 12.6. The summed E-state index contributed by atoms with van der Waals surface area (Å²) in [6.07, 6.45) is 4.48. The van der Waals surface area contributed by atoms with Crippen LogP contribution in [0.15, 0.2) is 59.5 Å². The number of carbonyl (C=O) groups is 1. The van der Waals surface area contributed by atoms with E-state index in [1.165, 1.54) is 21.6 Å². The fraction of sp³-hybridized carbons (Fsp3) is 0.280. The number of hydrogen-bond acceptors (Lipinski definition) is 3. The Bertz CT molecular complexity index is 1080. The number of carbonyl (C=O) groups excluding carboxylic acids is 1. The summed E-state index contributed by atoms with van der Waals surface area (Å²) in [6, 6.07) is 16.9. The first-order valence-electron chi connectivity index (χ1n) is 10.3. The average Bonchev–Trinajstić information content (AvgIpc) is 3.01. The van der Waals surface area contributed by atoms with Crippen LogP contribution in [0, 0.1) is 20.8 Å². The minimum absolute atomic E-state index is 0.0632. The van der Waals surface area contributed by atoms with E-state index < -0.39 is 0 Å². The SMILES string of the molecule is Cc1ccc(Cn2nc(C)c(/C=C/C(=O)NC3CCSc4ccccc43)c2C)cc1. The largest absolute Gasteiger partial charge is 0.346 e. The van der Waals surface area contributed by atoms with Crippen molar-refractivity contribution < 1.29 is 4.79 Å². The molecule has 5 heteroatoms. The van der Waals surface area contributed by atoms with Crippen molar-refractivity contribution in [3.05, 3.63) is 88.2 Å². The van der Waals surface area contributed by atoms with E-state index >= 15 is 0 Å². The average molecular weight is 418 g/mol. The normalized spacial score (nSPS) is 15.9. The van der Waals surface area contributed by atoms with Gasteiger partial charge in [0.05, 0.1) is 18.3 Å². The standard InChI is InChI=1S/C25H27N3OS/c1-17-8-10-20(11-9-17)16-28-19(3)21(18(2)27-28)12-13-25(29)26-23-14-15-30-24-7-5-4-6-22(23)24/h4-13,23H,14-16H2,1-3H3,(H,26,29)/b13-12+. The van der Waals surface area contributed by atoms with Crippen molar-refractivity contribution >= 4 is 23.7 Å². The predicted octanol–water partition coefficient (Wildman–Crippen LogP) is 5.22. The van der Waals surface area contributed by atoms with Gasteiger partial charge in [0.25, 0.3) is 0 Å². The van der Waals surface area contributed by atoms with Crippen LogP contribution in [-0.2, 0) is 11.3 Å². The third-order valence-electron chi connectivity index (χ3n) is 5.57. The molecule has 2 heterocycles. The summed E-state index contributed by atoms with van der Waals surface area (Å²) in [7, 11) is 0. The molecule has 1 atom stereocenters. The van der Waals surface area contributed by atoms with Gasteiger partial charge in [0.1, 0.15) is 0 Å². The fourth-order valence-corrected chi connectivity index (χ4v) is 4.97. The van der Waals surface area contributed by atoms with E-state index in [4.69, 9.17) is 0 Å². The number of rotatable bonds is 5. The Kier molecular flexibility index (Phi) is 6.09. The number of nitrogens with zero attached hydrogens (tertiary/aromatic N) is 2. The quantitative estimate of drug-likeness (QED) is 0.579. The number of aryl methyl sites for hydroxylation is 2. The second kappa shape index (κ2) is 8.92. The van der Waals surface area contributed by atoms with Gasteiger partial charge in [-0.25, -0.2) is 0 Å². The Hall–Kier alpha value is -2.79. The third-order valence-corrected chi connectivity index (χ3v) is 6.69. The lowest BCUT2D eigenvalue weighted by Crippen LogP contribution is -2.29. The van der Waals surface area contributed by atoms with Gasteiger partial charge in [-0.1, -0.05) is 48.0 Å². The molecule has 4 nitrogen and oxygen atoms in total. The zero-order chi connectivity index (χ0) is 21.1. The van der Waals surface area contributed by atoms with E-state index in [1.54, 1.807) is 6.08 Å². The predicted molar refractivity (Wildman–Crippen MR) is 124 cm³/mol. The van der Waals surface area contributed by atoms with Crippen LogP contribution >= 0.6 is 11.8 Å². The summed E-state index contributed by atoms with van der Waals surface area (Å²) >= 11 is 1.86. The number of nitrogens with one attached hydrogen (secondary N) is 1. The Morgan fingerprint density at radius 3 is 2.73 bits per heavy atom. The Morgan fingerprint density at radius 1 is 1.17 bits per heavy atom. The molecule has 0 fully saturated rings. The Morgan fingerprint density at radius 2 is 1.93 bits per heavy atom. The van der Waals surface area contributed by atoms with Crippen LogP contribution in [0.1, 0.15) is 46.1 Å². The van der Waals surface area contributed by atoms with E-state index in [0.717, 1.165) is 35.7 Å². The molecule has 30 heavy (non-hydrogen) atoms. The van der Waals surface area contributed by atoms with Crippen molar-refractivity contribution in [3.8, 4) is 0 Å². The maximum Gasteiger partial charge on any atom is 0.244 e. The van der Waals surface area contributed by atoms with Crippen molar-refractivity contribution in [2.24, 2.45) is 0 Å². The molecular formula is C25H27N3OS. The second-order valence-corrected chi connectivity index (χ2v) is 8.93. The van der Waals surface area contributed by atoms with Crippen molar-refractivity contribution in [2.75, 3.05) is 5.75 Å². The van der Waals surface area contributed by atoms with Crippen molar-refractivity contribution in [2.45, 2.75) is 44.7 Å². The van der Waals surface area contributed by atoms with Crippen LogP contribution in [0.4, 0.5) is 0 Å². The fourth-order valence-electron chi connectivity index (χ4n) is 3.84. The van der Waals surface area contributed by atoms with Crippen LogP contribution in [0.3, 0.4) is 0 Å². The van der Waals surface area contributed by atoms with Gasteiger partial charge < -0.3 is 5.32 Å². The molecule has 2 aromatic carbocycles. The molecule has 0 saturated carbocycles. The first kappa shape index (κ1) is 20.5. The number of benzene rings is 2. The zero-order valence-corrected chi connectivity index (χ0v) is 18.5. The topological polar surface area (TPSA) is 46.9 Å². The van der Waals surface area contributed by atoms with Crippen molar-refractivity contribution in [1.29, 1.82) is 0 Å². The van der Waals surface area contributed by atoms with Crippen LogP contribution < -0.4 is 5.32 Å². The highest BCUT2D eigenvalue weighted by Crippen LogP contribution is 2.35. The van der Waals surface area contributed by atoms with Crippen LogP contribution in [-0.4, -0.2) is 21.4 Å². The van der Waals surface area contributed by atoms with Crippen LogP contribution in [0.5, 0.6) is 0 Å². The number of aromatic nitrogens is 2. The summed E-state index contributed by atoms with van der Waals surface area (Å²) in [5.41, 5.74) is 6.69. The smallest absolute Gasteiger partial charge is 0.244 e. The lowest BCUT2D eigenvalue weighted by Gasteiger charge is -2.25. The monoisotopic (exact) mass is 417 g/mol. The second-order valence-electron chi connectivity index (χ2n) is 7.80. The number of amides is 1. The molecule has 0 saturated heterocycles. The van der Waals surface area contributed by atoms with Gasteiger partial charge in [-0.05, 0) is 50.5 Å². The third kappa shape index (κ3) is 4.51. The summed E-state index contributed by atoms with van der Waals surface area (Å²) in [5, 5.41) is 7.85. The van der Waals surface area contributed by atoms with Gasteiger partial charge in [-0.3, -0.25) is 9.48 Å². The Labute approximate surface area is 182 Å². The van der Waals surface area contributed by atoms with Gasteiger partial charge >= 0.3 is 0 Å². The summed E-state index contributed by atoms with van der Waals surface area (Å²) in [5.74, 6) is 0.960. The van der Waals surface area contributed by atoms with E-state index in [-0.39, 0.29) is 11.9 Å². The Balaban J connectivity index is 1.46. The first-order chi connectivity index (χ1) is 14.5. The zero-order valence-electron chi connectivity index (χ0n) is 17.7. The molecule has 1 N–H and O–H groups in total. The van der Waals surface area contributed by atoms with Gasteiger partial charge in [0.15, 0.2) is 0 Å². The number of thioether (sulfide) groups is 1. The molecule has 154 valence electrons. The number of fused-ring (bicyclic) bond motifs is 1. The molecule has 0 aliphatic carbocycles. The van der Waals surface area contributed by atoms with Gasteiger partial charge in [0.2, 0.25) is 5.91 Å². The lowest BCUT2D eigenvalue weighted by atomic mass is 10.0. The molecule has 1 unspecified atom stereocenters. The van der Waals surface area contributed by atoms with Crippen molar-refractivity contribution in [1.82, 2.24) is 15.1 Å². The van der Waals surface area contributed by atoms with Gasteiger partial charge in [-0.15, -0.1) is 11.8 Å². The maximum absolute atomic E-state index is 12.6. The summed E-state index contributed by atoms with van der Waals surface area (Å²) in [6.45, 7) is 6.86. The van der Waals surface area contributed by atoms with Crippen molar-refractivity contribution in [3.63, 3.8) is 0 Å². The highest BCUT2D eigenvalue weighted by Gasteiger charge is 2.21. The molecular weight excluding hydrogens is 390 g/mol. The highest BCUT2D eigenvalue weighted by atomic mass is 32.2. The molecule has 3 aromatic rings. The molecule has 0 bridgehead atoms. The van der Waals surface area contributed by atoms with Gasteiger partial charge in [0, 0.05) is 28.0 Å². The van der Waals surface area contributed by atoms with Crippen LogP contribution in [0.25, 0.3) is 6.08 Å². The molecule has 4 rings (SSSR count).